The monoisotopic (exact) mass is 344 g/mol. The van der Waals surface area contributed by atoms with Gasteiger partial charge in [0.2, 0.25) is 0 Å². The van der Waals surface area contributed by atoms with Crippen molar-refractivity contribution in [1.82, 2.24) is 9.80 Å². The topological polar surface area (TPSA) is 23.6 Å². The molecule has 0 N–H and O–H groups in total. The summed E-state index contributed by atoms with van der Waals surface area (Å²) in [4.78, 5) is 16.7. The molecule has 0 unspecified atom stereocenters. The van der Waals surface area contributed by atoms with Crippen LogP contribution in [0.5, 0.6) is 0 Å². The third kappa shape index (κ3) is 3.50. The predicted octanol–water partition coefficient (Wildman–Crippen LogP) is 1.72. The van der Waals surface area contributed by atoms with Gasteiger partial charge in [-0.05, 0) is 35.7 Å². The first-order valence-corrected chi connectivity index (χ1v) is 6.93. The van der Waals surface area contributed by atoms with E-state index in [2.05, 4.69) is 39.4 Å². The Morgan fingerprint density at radius 2 is 1.88 bits per heavy atom. The summed E-state index contributed by atoms with van der Waals surface area (Å²) >= 11 is 2.23. The van der Waals surface area contributed by atoms with Crippen molar-refractivity contribution in [2.45, 2.75) is 0 Å². The highest BCUT2D eigenvalue weighted by atomic mass is 127. The third-order valence-corrected chi connectivity index (χ3v) is 4.08. The molecule has 4 heteroatoms. The Morgan fingerprint density at radius 3 is 2.53 bits per heavy atom. The van der Waals surface area contributed by atoms with E-state index >= 15 is 0 Å². The van der Waals surface area contributed by atoms with Crippen molar-refractivity contribution in [2.24, 2.45) is 0 Å². The zero-order chi connectivity index (χ0) is 12.3. The van der Waals surface area contributed by atoms with Gasteiger partial charge in [-0.1, -0.05) is 18.2 Å². The highest BCUT2D eigenvalue weighted by Crippen LogP contribution is 2.13. The number of rotatable bonds is 3. The molecule has 1 aliphatic rings. The van der Waals surface area contributed by atoms with Gasteiger partial charge in [-0.15, -0.1) is 0 Å². The Labute approximate surface area is 116 Å². The van der Waals surface area contributed by atoms with E-state index in [1.54, 1.807) is 0 Å². The standard InChI is InChI=1S/C13H17IN2O/c1-15-6-8-16(9-7-15)10-13(17)11-4-2-3-5-12(11)14/h2-5H,6-10H2,1H3. The van der Waals surface area contributed by atoms with Crippen molar-refractivity contribution in [1.29, 1.82) is 0 Å². The van der Waals surface area contributed by atoms with E-state index in [1.165, 1.54) is 0 Å². The molecule has 1 aromatic carbocycles. The van der Waals surface area contributed by atoms with Crippen LogP contribution in [0.1, 0.15) is 10.4 Å². The Hall–Kier alpha value is -0.460. The van der Waals surface area contributed by atoms with Crippen molar-refractivity contribution in [3.8, 4) is 0 Å². The summed E-state index contributed by atoms with van der Waals surface area (Å²) in [5, 5.41) is 0. The van der Waals surface area contributed by atoms with Crippen molar-refractivity contribution in [3.63, 3.8) is 0 Å². The van der Waals surface area contributed by atoms with Crippen LogP contribution in [0.2, 0.25) is 0 Å². The number of carbonyl (C=O) groups excluding carboxylic acids is 1. The summed E-state index contributed by atoms with van der Waals surface area (Å²) in [5.74, 6) is 0.236. The van der Waals surface area contributed by atoms with E-state index in [-0.39, 0.29) is 5.78 Å². The zero-order valence-corrected chi connectivity index (χ0v) is 12.2. The number of likely N-dealkylation sites (N-methyl/N-ethyl adjacent to an activating group) is 1. The van der Waals surface area contributed by atoms with Crippen molar-refractivity contribution in [2.75, 3.05) is 39.8 Å². The quantitative estimate of drug-likeness (QED) is 0.616. The predicted molar refractivity (Wildman–Crippen MR) is 77.4 cm³/mol. The van der Waals surface area contributed by atoms with E-state index in [0.29, 0.717) is 6.54 Å². The maximum Gasteiger partial charge on any atom is 0.177 e. The van der Waals surface area contributed by atoms with Crippen molar-refractivity contribution < 1.29 is 4.79 Å². The molecule has 0 saturated carbocycles. The smallest absolute Gasteiger partial charge is 0.177 e. The molecular weight excluding hydrogens is 327 g/mol. The van der Waals surface area contributed by atoms with Gasteiger partial charge in [0.1, 0.15) is 0 Å². The van der Waals surface area contributed by atoms with E-state index in [0.717, 1.165) is 35.3 Å². The maximum atomic E-state index is 12.2. The molecule has 0 aromatic heterocycles. The number of piperazine rings is 1. The molecule has 0 bridgehead atoms. The third-order valence-electron chi connectivity index (χ3n) is 3.14. The van der Waals surface area contributed by atoms with Crippen LogP contribution in [-0.2, 0) is 0 Å². The van der Waals surface area contributed by atoms with Gasteiger partial charge in [0.15, 0.2) is 5.78 Å². The first kappa shape index (κ1) is 13.0. The fourth-order valence-electron chi connectivity index (χ4n) is 1.98. The summed E-state index contributed by atoms with van der Waals surface area (Å²) in [6.07, 6.45) is 0. The number of nitrogens with zero attached hydrogens (tertiary/aromatic N) is 2. The Bertz CT molecular complexity index is 400. The molecule has 3 nitrogen and oxygen atoms in total. The molecule has 1 heterocycles. The number of Topliss-reactive ketones (excluding diaryl/α,β-unsaturated/α-hetero) is 1. The molecule has 0 atom stereocenters. The highest BCUT2D eigenvalue weighted by Gasteiger charge is 2.18. The molecule has 0 amide bonds. The molecule has 92 valence electrons. The zero-order valence-electron chi connectivity index (χ0n) is 10.0. The molecule has 1 saturated heterocycles. The van der Waals surface area contributed by atoms with Crippen molar-refractivity contribution in [3.05, 3.63) is 33.4 Å². The maximum absolute atomic E-state index is 12.2. The van der Waals surface area contributed by atoms with Gasteiger partial charge >= 0.3 is 0 Å². The lowest BCUT2D eigenvalue weighted by Crippen LogP contribution is -2.46. The summed E-state index contributed by atoms with van der Waals surface area (Å²) in [7, 11) is 2.12. The van der Waals surface area contributed by atoms with Gasteiger partial charge in [-0.2, -0.15) is 0 Å². The van der Waals surface area contributed by atoms with Gasteiger partial charge in [-0.25, -0.2) is 0 Å². The van der Waals surface area contributed by atoms with Gasteiger partial charge in [0.05, 0.1) is 6.54 Å². The van der Waals surface area contributed by atoms with E-state index in [9.17, 15) is 4.79 Å². The van der Waals surface area contributed by atoms with Crippen LogP contribution in [0.25, 0.3) is 0 Å². The Balaban J connectivity index is 1.96. The second kappa shape index (κ2) is 5.93. The summed E-state index contributed by atoms with van der Waals surface area (Å²) in [6, 6.07) is 7.80. The van der Waals surface area contributed by atoms with Crippen molar-refractivity contribution >= 4 is 28.4 Å². The minimum atomic E-state index is 0.236. The Kier molecular flexibility index (Phi) is 4.53. The largest absolute Gasteiger partial charge is 0.304 e. The molecule has 0 radical (unpaired) electrons. The molecule has 0 spiro atoms. The van der Waals surface area contributed by atoms with E-state index < -0.39 is 0 Å². The first-order valence-electron chi connectivity index (χ1n) is 5.85. The van der Waals surface area contributed by atoms with Crippen LogP contribution in [0.4, 0.5) is 0 Å². The summed E-state index contributed by atoms with van der Waals surface area (Å²) in [6.45, 7) is 4.64. The molecule has 1 fully saturated rings. The van der Waals surface area contributed by atoms with Gasteiger partial charge in [-0.3, -0.25) is 9.69 Å². The molecule has 1 aliphatic heterocycles. The lowest BCUT2D eigenvalue weighted by atomic mass is 10.1. The molecule has 0 aliphatic carbocycles. The van der Waals surface area contributed by atoms with Crippen LogP contribution < -0.4 is 0 Å². The average Bonchev–Trinajstić information content (AvgIpc) is 2.32. The lowest BCUT2D eigenvalue weighted by molar-refractivity contribution is 0.0875. The number of ketones is 1. The molecule has 1 aromatic rings. The van der Waals surface area contributed by atoms with Crippen LogP contribution >= 0.6 is 22.6 Å². The molecule has 2 rings (SSSR count). The minimum Gasteiger partial charge on any atom is -0.304 e. The number of benzene rings is 1. The second-order valence-corrected chi connectivity index (χ2v) is 5.64. The van der Waals surface area contributed by atoms with Crippen LogP contribution in [0.3, 0.4) is 0 Å². The minimum absolute atomic E-state index is 0.236. The first-order chi connectivity index (χ1) is 8.16. The van der Waals surface area contributed by atoms with Crippen LogP contribution in [0.15, 0.2) is 24.3 Å². The average molecular weight is 344 g/mol. The highest BCUT2D eigenvalue weighted by molar-refractivity contribution is 14.1. The SMILES string of the molecule is CN1CCN(CC(=O)c2ccccc2I)CC1. The van der Waals surface area contributed by atoms with Crippen LogP contribution in [-0.4, -0.2) is 55.4 Å². The van der Waals surface area contributed by atoms with E-state index in [4.69, 9.17) is 0 Å². The van der Waals surface area contributed by atoms with Crippen LogP contribution in [0, 0.1) is 3.57 Å². The lowest BCUT2D eigenvalue weighted by Gasteiger charge is -2.31. The van der Waals surface area contributed by atoms with E-state index in [1.807, 2.05) is 24.3 Å². The van der Waals surface area contributed by atoms with Gasteiger partial charge < -0.3 is 4.90 Å². The Morgan fingerprint density at radius 1 is 1.24 bits per heavy atom. The molecule has 17 heavy (non-hydrogen) atoms. The fraction of sp³-hybridized carbons (Fsp3) is 0.462. The number of carbonyl (C=O) groups is 1. The summed E-state index contributed by atoms with van der Waals surface area (Å²) < 4.78 is 1.05. The fourth-order valence-corrected chi connectivity index (χ4v) is 2.67. The van der Waals surface area contributed by atoms with Gasteiger partial charge in [0.25, 0.3) is 0 Å². The number of halogens is 1. The normalized spacial score (nSPS) is 18.2. The second-order valence-electron chi connectivity index (χ2n) is 4.48. The number of hydrogen-bond donors (Lipinski definition) is 0. The molecular formula is C13H17IN2O. The van der Waals surface area contributed by atoms with Gasteiger partial charge in [0, 0.05) is 35.3 Å². The number of hydrogen-bond acceptors (Lipinski definition) is 3. The summed E-state index contributed by atoms with van der Waals surface area (Å²) in [5.41, 5.74) is 0.854.